The van der Waals surface area contributed by atoms with Crippen molar-refractivity contribution < 1.29 is 20.1 Å². The first-order valence-corrected chi connectivity index (χ1v) is 19.5. The lowest BCUT2D eigenvalue weighted by atomic mass is 10.0. The van der Waals surface area contributed by atoms with E-state index in [2.05, 4.69) is 49.5 Å². The molecule has 0 spiro atoms. The summed E-state index contributed by atoms with van der Waals surface area (Å²) >= 11 is 0. The predicted molar refractivity (Wildman–Crippen MR) is 199 cm³/mol. The number of carbonyl (C=O) groups is 1. The number of carbonyl (C=O) groups excluding carboxylic acids is 1. The molecule has 5 nitrogen and oxygen atoms in total. The summed E-state index contributed by atoms with van der Waals surface area (Å²) in [5.41, 5.74) is 0. The fourth-order valence-corrected chi connectivity index (χ4v) is 5.51. The Bertz CT molecular complexity index is 760. The molecule has 0 aliphatic heterocycles. The second-order valence-corrected chi connectivity index (χ2v) is 13.1. The van der Waals surface area contributed by atoms with Gasteiger partial charge in [-0.25, -0.2) is 0 Å². The summed E-state index contributed by atoms with van der Waals surface area (Å²) in [5.74, 6) is -0.556. The van der Waals surface area contributed by atoms with Crippen molar-refractivity contribution in [1.82, 2.24) is 5.32 Å². The number of hydrogen-bond donors (Lipinski definition) is 4. The van der Waals surface area contributed by atoms with E-state index in [0.717, 1.165) is 32.1 Å². The Morgan fingerprint density at radius 1 is 0.522 bits per heavy atom. The summed E-state index contributed by atoms with van der Waals surface area (Å²) in [6.07, 6.45) is 46.0. The number of rotatable bonds is 34. The monoisotopic (exact) mass is 646 g/mol. The molecule has 0 fully saturated rings. The van der Waals surface area contributed by atoms with Gasteiger partial charge in [0.15, 0.2) is 0 Å². The maximum absolute atomic E-state index is 12.3. The highest BCUT2D eigenvalue weighted by atomic mass is 16.3. The van der Waals surface area contributed by atoms with Crippen molar-refractivity contribution in [3.05, 3.63) is 48.6 Å². The molecule has 0 rings (SSSR count). The molecular formula is C41H75NO4. The number of hydrogen-bond acceptors (Lipinski definition) is 4. The molecule has 0 saturated heterocycles. The summed E-state index contributed by atoms with van der Waals surface area (Å²) < 4.78 is 0. The molecule has 0 heterocycles. The first kappa shape index (κ1) is 44.3. The van der Waals surface area contributed by atoms with Gasteiger partial charge in [0.2, 0.25) is 5.91 Å². The first-order valence-electron chi connectivity index (χ1n) is 19.5. The van der Waals surface area contributed by atoms with Crippen LogP contribution in [-0.2, 0) is 4.79 Å². The highest BCUT2D eigenvalue weighted by Crippen LogP contribution is 2.14. The van der Waals surface area contributed by atoms with Gasteiger partial charge in [-0.15, -0.1) is 0 Å². The quantitative estimate of drug-likeness (QED) is 0.0414. The zero-order chi connectivity index (χ0) is 33.8. The molecule has 268 valence electrons. The van der Waals surface area contributed by atoms with Crippen LogP contribution in [0.3, 0.4) is 0 Å². The topological polar surface area (TPSA) is 89.8 Å². The minimum Gasteiger partial charge on any atom is -0.394 e. The third kappa shape index (κ3) is 30.9. The largest absolute Gasteiger partial charge is 0.394 e. The Morgan fingerprint density at radius 2 is 0.891 bits per heavy atom. The molecule has 5 heteroatoms. The van der Waals surface area contributed by atoms with Gasteiger partial charge >= 0.3 is 0 Å². The standard InChI is InChI=1S/C41H75NO4/c1-3-5-7-9-11-13-14-15-16-17-18-19-20-21-22-23-24-25-26-27-28-30-31-33-35-39(44)38(37-43)42-41(46)40(45)36-34-32-29-12-10-8-6-4-2/h23-24,27-29,32-33,35,38-40,43-45H,3-22,25-26,30-31,34,36-37H2,1-2H3,(H,42,46)/b24-23+,28-27+,32-29-,35-33+. The molecule has 0 aromatic heterocycles. The van der Waals surface area contributed by atoms with Gasteiger partial charge in [0.25, 0.3) is 0 Å². The van der Waals surface area contributed by atoms with Gasteiger partial charge in [-0.3, -0.25) is 4.79 Å². The lowest BCUT2D eigenvalue weighted by Gasteiger charge is -2.21. The van der Waals surface area contributed by atoms with E-state index in [9.17, 15) is 20.1 Å². The van der Waals surface area contributed by atoms with Crippen LogP contribution in [0.5, 0.6) is 0 Å². The molecule has 0 aliphatic rings. The van der Waals surface area contributed by atoms with Crippen molar-refractivity contribution >= 4 is 5.91 Å². The SMILES string of the molecule is CCCCCC/C=C\CCC(O)C(=O)NC(CO)C(O)/C=C/CC/C=C/CC/C=C/CCCCCCCCCCCCCCCC. The number of unbranched alkanes of at least 4 members (excludes halogenated alkanes) is 20. The van der Waals surface area contributed by atoms with Crippen LogP contribution < -0.4 is 5.32 Å². The molecule has 4 N–H and O–H groups in total. The molecule has 3 atom stereocenters. The van der Waals surface area contributed by atoms with E-state index >= 15 is 0 Å². The van der Waals surface area contributed by atoms with Gasteiger partial charge < -0.3 is 20.6 Å². The zero-order valence-corrected chi connectivity index (χ0v) is 30.2. The number of aliphatic hydroxyl groups excluding tert-OH is 3. The lowest BCUT2D eigenvalue weighted by molar-refractivity contribution is -0.131. The van der Waals surface area contributed by atoms with Gasteiger partial charge in [-0.2, -0.15) is 0 Å². The van der Waals surface area contributed by atoms with Crippen LogP contribution in [-0.4, -0.2) is 46.1 Å². The Morgan fingerprint density at radius 3 is 1.35 bits per heavy atom. The first-order chi connectivity index (χ1) is 22.6. The van der Waals surface area contributed by atoms with Crippen LogP contribution in [0.25, 0.3) is 0 Å². The van der Waals surface area contributed by atoms with Crippen LogP contribution in [0.4, 0.5) is 0 Å². The van der Waals surface area contributed by atoms with Crippen LogP contribution in [0.15, 0.2) is 48.6 Å². The third-order valence-corrected chi connectivity index (χ3v) is 8.63. The number of nitrogens with one attached hydrogen (secondary N) is 1. The zero-order valence-electron chi connectivity index (χ0n) is 30.2. The molecule has 0 bridgehead atoms. The van der Waals surface area contributed by atoms with Crippen molar-refractivity contribution in [3.8, 4) is 0 Å². The molecule has 1 amide bonds. The number of allylic oxidation sites excluding steroid dienone is 7. The predicted octanol–water partition coefficient (Wildman–Crippen LogP) is 10.6. The van der Waals surface area contributed by atoms with E-state index < -0.39 is 30.8 Å². The summed E-state index contributed by atoms with van der Waals surface area (Å²) in [7, 11) is 0. The van der Waals surface area contributed by atoms with Crippen LogP contribution in [0, 0.1) is 0 Å². The van der Waals surface area contributed by atoms with E-state index in [1.54, 1.807) is 6.08 Å². The van der Waals surface area contributed by atoms with E-state index in [1.807, 2.05) is 12.2 Å². The van der Waals surface area contributed by atoms with Gasteiger partial charge in [-0.1, -0.05) is 165 Å². The smallest absolute Gasteiger partial charge is 0.249 e. The second-order valence-electron chi connectivity index (χ2n) is 13.1. The van der Waals surface area contributed by atoms with E-state index in [-0.39, 0.29) is 0 Å². The average Bonchev–Trinajstić information content (AvgIpc) is 3.06. The Hall–Kier alpha value is -1.69. The minimum atomic E-state index is -1.15. The average molecular weight is 646 g/mol. The van der Waals surface area contributed by atoms with Gasteiger partial charge in [0.1, 0.15) is 6.10 Å². The highest BCUT2D eigenvalue weighted by molar-refractivity contribution is 5.80. The van der Waals surface area contributed by atoms with Crippen LogP contribution >= 0.6 is 0 Å². The normalized spacial score (nSPS) is 14.3. The molecule has 0 saturated carbocycles. The van der Waals surface area contributed by atoms with Crippen LogP contribution in [0.1, 0.15) is 181 Å². The van der Waals surface area contributed by atoms with E-state index in [4.69, 9.17) is 0 Å². The molecule has 0 aliphatic carbocycles. The molecular weight excluding hydrogens is 570 g/mol. The van der Waals surface area contributed by atoms with Crippen molar-refractivity contribution in [3.63, 3.8) is 0 Å². The van der Waals surface area contributed by atoms with Crippen molar-refractivity contribution in [2.45, 2.75) is 199 Å². The summed E-state index contributed by atoms with van der Waals surface area (Å²) in [4.78, 5) is 12.3. The van der Waals surface area contributed by atoms with E-state index in [0.29, 0.717) is 12.8 Å². The Balaban J connectivity index is 3.75. The fourth-order valence-electron chi connectivity index (χ4n) is 5.51. The molecule has 46 heavy (non-hydrogen) atoms. The molecule has 0 aromatic carbocycles. The van der Waals surface area contributed by atoms with Gasteiger partial charge in [0.05, 0.1) is 18.8 Å². The maximum Gasteiger partial charge on any atom is 0.249 e. The summed E-state index contributed by atoms with van der Waals surface area (Å²) in [6, 6.07) is -0.834. The van der Waals surface area contributed by atoms with Gasteiger partial charge in [0, 0.05) is 0 Å². The minimum absolute atomic E-state index is 0.322. The van der Waals surface area contributed by atoms with Crippen molar-refractivity contribution in [2.24, 2.45) is 0 Å². The summed E-state index contributed by atoms with van der Waals surface area (Å²) in [6.45, 7) is 4.08. The number of aliphatic hydroxyl groups is 3. The molecule has 0 aromatic rings. The Labute approximate surface area is 285 Å². The van der Waals surface area contributed by atoms with E-state index in [1.165, 1.54) is 122 Å². The van der Waals surface area contributed by atoms with Crippen LogP contribution in [0.2, 0.25) is 0 Å². The fraction of sp³-hybridized carbons (Fsp3) is 0.780. The van der Waals surface area contributed by atoms with Crippen molar-refractivity contribution in [2.75, 3.05) is 6.61 Å². The molecule has 3 unspecified atom stereocenters. The Kier molecular flexibility index (Phi) is 34.8. The second kappa shape index (κ2) is 36.2. The van der Waals surface area contributed by atoms with Gasteiger partial charge in [-0.05, 0) is 64.2 Å². The maximum atomic E-state index is 12.3. The van der Waals surface area contributed by atoms with Crippen molar-refractivity contribution in [1.29, 1.82) is 0 Å². The number of amides is 1. The molecule has 0 radical (unpaired) electrons. The highest BCUT2D eigenvalue weighted by Gasteiger charge is 2.22. The summed E-state index contributed by atoms with van der Waals surface area (Å²) in [5, 5.41) is 32.7. The third-order valence-electron chi connectivity index (χ3n) is 8.63. The lowest BCUT2D eigenvalue weighted by Crippen LogP contribution is -2.48.